The number of carbonyl (C=O) groups excluding carboxylic acids is 1. The second-order valence-corrected chi connectivity index (χ2v) is 4.74. The number of oxime groups is 1. The van der Waals surface area contributed by atoms with Crippen LogP contribution in [0.5, 0.6) is 0 Å². The summed E-state index contributed by atoms with van der Waals surface area (Å²) in [7, 11) is 0. The van der Waals surface area contributed by atoms with Crippen molar-refractivity contribution in [1.82, 2.24) is 5.32 Å². The van der Waals surface area contributed by atoms with E-state index >= 15 is 0 Å². The SMILES string of the molecule is C/C(=N\OC(=O)c1ccccc1)N[C@@H](CCCCN)C(=O)O. The van der Waals surface area contributed by atoms with Crippen LogP contribution in [0, 0.1) is 0 Å². The topological polar surface area (TPSA) is 114 Å². The molecule has 0 spiro atoms. The number of nitrogens with two attached hydrogens (primary N) is 1. The number of carboxylic acid groups (broad SMARTS) is 1. The zero-order valence-corrected chi connectivity index (χ0v) is 12.5. The van der Waals surface area contributed by atoms with Crippen molar-refractivity contribution in [3.8, 4) is 0 Å². The number of unbranched alkanes of at least 4 members (excludes halogenated alkanes) is 1. The van der Waals surface area contributed by atoms with Gasteiger partial charge < -0.3 is 21.0 Å². The van der Waals surface area contributed by atoms with E-state index < -0.39 is 18.0 Å². The highest BCUT2D eigenvalue weighted by atomic mass is 16.7. The second-order valence-electron chi connectivity index (χ2n) is 4.74. The molecule has 0 fully saturated rings. The molecular weight excluding hydrogens is 286 g/mol. The van der Waals surface area contributed by atoms with Crippen molar-refractivity contribution >= 4 is 17.8 Å². The first-order valence-corrected chi connectivity index (χ1v) is 7.05. The molecule has 120 valence electrons. The molecule has 4 N–H and O–H groups in total. The van der Waals surface area contributed by atoms with E-state index in [1.807, 2.05) is 0 Å². The number of nitrogens with one attached hydrogen (secondary N) is 1. The van der Waals surface area contributed by atoms with Gasteiger partial charge in [0.1, 0.15) is 11.9 Å². The van der Waals surface area contributed by atoms with Crippen molar-refractivity contribution in [1.29, 1.82) is 0 Å². The van der Waals surface area contributed by atoms with E-state index in [9.17, 15) is 9.59 Å². The highest BCUT2D eigenvalue weighted by Crippen LogP contribution is 2.03. The molecule has 7 heteroatoms. The fourth-order valence-corrected chi connectivity index (χ4v) is 1.77. The third-order valence-electron chi connectivity index (χ3n) is 2.90. The number of aliphatic carboxylic acids is 1. The van der Waals surface area contributed by atoms with Gasteiger partial charge in [0.05, 0.1) is 5.56 Å². The molecule has 1 atom stereocenters. The largest absolute Gasteiger partial charge is 0.480 e. The van der Waals surface area contributed by atoms with Crippen LogP contribution >= 0.6 is 0 Å². The number of hydrogen-bond donors (Lipinski definition) is 3. The average molecular weight is 307 g/mol. The van der Waals surface area contributed by atoms with E-state index in [2.05, 4.69) is 10.5 Å². The maximum Gasteiger partial charge on any atom is 0.365 e. The lowest BCUT2D eigenvalue weighted by Gasteiger charge is -2.14. The number of amidine groups is 1. The lowest BCUT2D eigenvalue weighted by atomic mass is 10.1. The molecule has 0 aromatic heterocycles. The van der Waals surface area contributed by atoms with Crippen LogP contribution in [-0.4, -0.2) is 35.5 Å². The summed E-state index contributed by atoms with van der Waals surface area (Å²) in [6.45, 7) is 2.06. The van der Waals surface area contributed by atoms with Crippen LogP contribution in [0.25, 0.3) is 0 Å². The maximum atomic E-state index is 11.7. The van der Waals surface area contributed by atoms with Crippen molar-refractivity contribution in [3.63, 3.8) is 0 Å². The minimum atomic E-state index is -0.985. The van der Waals surface area contributed by atoms with E-state index in [4.69, 9.17) is 15.7 Å². The van der Waals surface area contributed by atoms with E-state index in [-0.39, 0.29) is 5.84 Å². The highest BCUT2D eigenvalue weighted by Gasteiger charge is 2.17. The summed E-state index contributed by atoms with van der Waals surface area (Å²) in [6.07, 6.45) is 1.87. The van der Waals surface area contributed by atoms with Crippen molar-refractivity contribution in [3.05, 3.63) is 35.9 Å². The smallest absolute Gasteiger partial charge is 0.365 e. The van der Waals surface area contributed by atoms with Crippen LogP contribution in [-0.2, 0) is 9.63 Å². The number of carboxylic acids is 1. The van der Waals surface area contributed by atoms with Gasteiger partial charge in [-0.05, 0) is 44.9 Å². The Morgan fingerprint density at radius 1 is 1.32 bits per heavy atom. The van der Waals surface area contributed by atoms with E-state index in [1.54, 1.807) is 30.3 Å². The molecule has 0 bridgehead atoms. The molecule has 1 aromatic rings. The van der Waals surface area contributed by atoms with Crippen LogP contribution in [0.3, 0.4) is 0 Å². The first kappa shape index (κ1) is 17.6. The minimum absolute atomic E-state index is 0.226. The number of hydrogen-bond acceptors (Lipinski definition) is 5. The molecule has 1 aromatic carbocycles. The van der Waals surface area contributed by atoms with Crippen LogP contribution < -0.4 is 11.1 Å². The Morgan fingerprint density at radius 3 is 2.59 bits per heavy atom. The van der Waals surface area contributed by atoms with Crippen molar-refractivity contribution < 1.29 is 19.5 Å². The van der Waals surface area contributed by atoms with Gasteiger partial charge in [-0.1, -0.05) is 23.4 Å². The Balaban J connectivity index is 2.52. The fraction of sp³-hybridized carbons (Fsp3) is 0.400. The molecule has 0 amide bonds. The second kappa shape index (κ2) is 9.51. The summed E-state index contributed by atoms with van der Waals surface area (Å²) in [5.74, 6) is -1.36. The zero-order valence-electron chi connectivity index (χ0n) is 12.5. The predicted octanol–water partition coefficient (Wildman–Crippen LogP) is 1.35. The van der Waals surface area contributed by atoms with Gasteiger partial charge in [0, 0.05) is 0 Å². The number of carbonyl (C=O) groups is 2. The Labute approximate surface area is 129 Å². The summed E-state index contributed by atoms with van der Waals surface area (Å²) < 4.78 is 0. The van der Waals surface area contributed by atoms with Gasteiger partial charge in [0.25, 0.3) is 0 Å². The summed E-state index contributed by atoms with van der Waals surface area (Å²) in [5, 5.41) is 15.5. The molecule has 7 nitrogen and oxygen atoms in total. The predicted molar refractivity (Wildman–Crippen MR) is 82.4 cm³/mol. The van der Waals surface area contributed by atoms with Crippen molar-refractivity contribution in [2.45, 2.75) is 32.2 Å². The van der Waals surface area contributed by atoms with E-state index in [0.29, 0.717) is 24.9 Å². The fourth-order valence-electron chi connectivity index (χ4n) is 1.77. The standard InChI is InChI=1S/C15H21N3O4/c1-11(17-13(14(19)20)9-5-6-10-16)18-22-15(21)12-7-3-2-4-8-12/h2-4,7-8,13H,5-6,9-10,16H2,1H3,(H,17,18)(H,19,20)/t13-/m0/s1. The van der Waals surface area contributed by atoms with Gasteiger partial charge in [0.15, 0.2) is 0 Å². The summed E-state index contributed by atoms with van der Waals surface area (Å²) >= 11 is 0. The van der Waals surface area contributed by atoms with Gasteiger partial charge >= 0.3 is 11.9 Å². The Bertz CT molecular complexity index is 517. The maximum absolute atomic E-state index is 11.7. The molecule has 0 aliphatic heterocycles. The van der Waals surface area contributed by atoms with E-state index in [0.717, 1.165) is 6.42 Å². The Hall–Kier alpha value is -2.41. The van der Waals surface area contributed by atoms with Gasteiger partial charge in [-0.25, -0.2) is 9.59 Å². The first-order valence-electron chi connectivity index (χ1n) is 7.05. The van der Waals surface area contributed by atoms with E-state index in [1.165, 1.54) is 6.92 Å². The molecule has 0 saturated heterocycles. The molecule has 0 aliphatic carbocycles. The number of rotatable bonds is 8. The quantitative estimate of drug-likeness (QED) is 0.220. The molecule has 0 saturated carbocycles. The Morgan fingerprint density at radius 2 is 2.00 bits per heavy atom. The monoisotopic (exact) mass is 307 g/mol. The third-order valence-corrected chi connectivity index (χ3v) is 2.90. The zero-order chi connectivity index (χ0) is 16.4. The van der Waals surface area contributed by atoms with Gasteiger partial charge in [0.2, 0.25) is 0 Å². The number of benzene rings is 1. The van der Waals surface area contributed by atoms with Crippen LogP contribution in [0.15, 0.2) is 35.5 Å². The lowest BCUT2D eigenvalue weighted by molar-refractivity contribution is -0.139. The molecule has 1 rings (SSSR count). The molecular formula is C15H21N3O4. The van der Waals surface area contributed by atoms with Crippen LogP contribution in [0.1, 0.15) is 36.5 Å². The molecule has 0 heterocycles. The van der Waals surface area contributed by atoms with Crippen molar-refractivity contribution in [2.75, 3.05) is 6.54 Å². The molecule has 0 unspecified atom stereocenters. The highest BCUT2D eigenvalue weighted by molar-refractivity contribution is 5.90. The third kappa shape index (κ3) is 6.36. The normalized spacial score (nSPS) is 12.5. The molecule has 22 heavy (non-hydrogen) atoms. The first-order chi connectivity index (χ1) is 10.5. The van der Waals surface area contributed by atoms with Gasteiger partial charge in [-0.15, -0.1) is 0 Å². The minimum Gasteiger partial charge on any atom is -0.480 e. The molecule has 0 aliphatic rings. The lowest BCUT2D eigenvalue weighted by Crippen LogP contribution is -2.39. The summed E-state index contributed by atoms with van der Waals surface area (Å²) in [5.41, 5.74) is 5.75. The van der Waals surface area contributed by atoms with Gasteiger partial charge in [-0.2, -0.15) is 0 Å². The Kier molecular flexibility index (Phi) is 7.63. The average Bonchev–Trinajstić information content (AvgIpc) is 2.52. The number of nitrogens with zero attached hydrogens (tertiary/aromatic N) is 1. The molecule has 0 radical (unpaired) electrons. The van der Waals surface area contributed by atoms with Crippen LogP contribution in [0.4, 0.5) is 0 Å². The summed E-state index contributed by atoms with van der Waals surface area (Å²) in [6, 6.07) is 7.63. The summed E-state index contributed by atoms with van der Waals surface area (Å²) in [4.78, 5) is 27.6. The van der Waals surface area contributed by atoms with Gasteiger partial charge in [-0.3, -0.25) is 0 Å². The van der Waals surface area contributed by atoms with Crippen LogP contribution in [0.2, 0.25) is 0 Å². The van der Waals surface area contributed by atoms with Crippen molar-refractivity contribution in [2.24, 2.45) is 10.9 Å².